The largest absolute Gasteiger partial charge is 0.494 e. The zero-order valence-corrected chi connectivity index (χ0v) is 11.0. The quantitative estimate of drug-likeness (QED) is 0.839. The number of rotatable bonds is 3. The molecule has 0 atom stereocenters. The molecule has 2 aromatic heterocycles. The number of aromatic hydroxyl groups is 1. The second kappa shape index (κ2) is 4.75. The number of nitrogens with zero attached hydrogens (tertiary/aromatic N) is 2. The minimum Gasteiger partial charge on any atom is -0.494 e. The van der Waals surface area contributed by atoms with Crippen LogP contribution in [0.25, 0.3) is 0 Å². The maximum Gasteiger partial charge on any atom is 0.331 e. The van der Waals surface area contributed by atoms with Crippen LogP contribution in [0.4, 0.5) is 0 Å². The summed E-state index contributed by atoms with van der Waals surface area (Å²) in [6.07, 6.45) is 0.336. The highest BCUT2D eigenvalue weighted by molar-refractivity contribution is 5.26. The van der Waals surface area contributed by atoms with E-state index in [1.54, 1.807) is 20.8 Å². The van der Waals surface area contributed by atoms with Crippen molar-refractivity contribution in [2.45, 2.75) is 33.7 Å². The molecule has 2 heterocycles. The van der Waals surface area contributed by atoms with E-state index in [1.165, 1.54) is 0 Å². The van der Waals surface area contributed by atoms with Gasteiger partial charge in [0.05, 0.1) is 17.8 Å². The number of hydrogen-bond donors (Lipinski definition) is 2. The smallest absolute Gasteiger partial charge is 0.331 e. The fourth-order valence-electron chi connectivity index (χ4n) is 1.95. The molecule has 0 radical (unpaired) electrons. The molecule has 0 spiro atoms. The van der Waals surface area contributed by atoms with Crippen molar-refractivity contribution in [1.82, 2.24) is 14.7 Å². The van der Waals surface area contributed by atoms with E-state index in [2.05, 4.69) is 10.1 Å². The fourth-order valence-corrected chi connectivity index (χ4v) is 1.95. The number of aryl methyl sites for hydroxylation is 2. The van der Waals surface area contributed by atoms with E-state index in [9.17, 15) is 14.7 Å². The zero-order chi connectivity index (χ0) is 14.2. The Hall–Kier alpha value is -2.31. The molecule has 0 aliphatic carbocycles. The van der Waals surface area contributed by atoms with Crippen molar-refractivity contribution < 1.29 is 9.63 Å². The topological polar surface area (TPSA) is 101 Å². The molecule has 7 heteroatoms. The van der Waals surface area contributed by atoms with Gasteiger partial charge in [0.15, 0.2) is 0 Å². The summed E-state index contributed by atoms with van der Waals surface area (Å²) >= 11 is 0. The van der Waals surface area contributed by atoms with Crippen molar-refractivity contribution in [1.29, 1.82) is 0 Å². The van der Waals surface area contributed by atoms with Crippen LogP contribution in [-0.2, 0) is 13.0 Å². The van der Waals surface area contributed by atoms with E-state index in [4.69, 9.17) is 4.52 Å². The monoisotopic (exact) mass is 265 g/mol. The van der Waals surface area contributed by atoms with Crippen LogP contribution in [0.1, 0.15) is 29.5 Å². The fraction of sp³-hybridized carbons (Fsp3) is 0.417. The summed E-state index contributed by atoms with van der Waals surface area (Å²) in [6, 6.07) is 0. The highest BCUT2D eigenvalue weighted by Crippen LogP contribution is 2.17. The van der Waals surface area contributed by atoms with Crippen molar-refractivity contribution in [3.8, 4) is 5.88 Å². The minimum atomic E-state index is -0.653. The van der Waals surface area contributed by atoms with Gasteiger partial charge in [-0.15, -0.1) is 0 Å². The van der Waals surface area contributed by atoms with E-state index < -0.39 is 11.2 Å². The second-order valence-electron chi connectivity index (χ2n) is 4.30. The molecule has 0 bridgehead atoms. The number of aromatic nitrogens is 3. The summed E-state index contributed by atoms with van der Waals surface area (Å²) in [5.41, 5.74) is 0.339. The molecule has 0 aliphatic rings. The molecule has 0 saturated carbocycles. The first-order chi connectivity index (χ1) is 8.95. The maximum atomic E-state index is 11.8. The van der Waals surface area contributed by atoms with Gasteiger partial charge in [-0.2, -0.15) is 0 Å². The van der Waals surface area contributed by atoms with E-state index in [-0.39, 0.29) is 18.0 Å². The van der Waals surface area contributed by atoms with Crippen molar-refractivity contribution in [3.05, 3.63) is 43.4 Å². The Labute approximate surface area is 108 Å². The molecule has 0 fully saturated rings. The predicted molar refractivity (Wildman–Crippen MR) is 67.4 cm³/mol. The molecule has 0 amide bonds. The van der Waals surface area contributed by atoms with Crippen LogP contribution >= 0.6 is 0 Å². The van der Waals surface area contributed by atoms with Crippen LogP contribution < -0.4 is 11.2 Å². The van der Waals surface area contributed by atoms with Gasteiger partial charge in [-0.1, -0.05) is 12.1 Å². The third kappa shape index (κ3) is 2.18. The molecule has 0 saturated heterocycles. The Balaban J connectivity index is 2.58. The van der Waals surface area contributed by atoms with Crippen molar-refractivity contribution in [3.63, 3.8) is 0 Å². The molecule has 7 nitrogen and oxygen atoms in total. The lowest BCUT2D eigenvalue weighted by Crippen LogP contribution is -2.32. The molecular weight excluding hydrogens is 250 g/mol. The normalized spacial score (nSPS) is 10.9. The van der Waals surface area contributed by atoms with E-state index in [0.29, 0.717) is 23.4 Å². The number of H-pyrrole nitrogens is 1. The molecule has 2 aromatic rings. The first-order valence-electron chi connectivity index (χ1n) is 5.92. The van der Waals surface area contributed by atoms with Gasteiger partial charge in [0.2, 0.25) is 5.88 Å². The molecule has 102 valence electrons. The lowest BCUT2D eigenvalue weighted by atomic mass is 10.2. The molecular formula is C12H15N3O4. The predicted octanol–water partition coefficient (Wildman–Crippen LogP) is 0.458. The van der Waals surface area contributed by atoms with Crippen molar-refractivity contribution in [2.24, 2.45) is 0 Å². The SMILES string of the molecule is CCc1c(O)n(Cc2c(C)noc2C)c(=O)[nH]c1=O. The Morgan fingerprint density at radius 3 is 2.53 bits per heavy atom. The summed E-state index contributed by atoms with van der Waals surface area (Å²) in [5, 5.41) is 13.8. The molecule has 0 aromatic carbocycles. The standard InChI is InChI=1S/C12H15N3O4/c1-4-8-10(16)13-12(18)15(11(8)17)5-9-6(2)14-19-7(9)3/h17H,4-5H2,1-3H3,(H,13,16,18). The number of hydrogen-bond acceptors (Lipinski definition) is 5. The van der Waals surface area contributed by atoms with E-state index in [1.807, 2.05) is 0 Å². The summed E-state index contributed by atoms with van der Waals surface area (Å²) in [7, 11) is 0. The van der Waals surface area contributed by atoms with E-state index in [0.717, 1.165) is 4.57 Å². The van der Waals surface area contributed by atoms with Gasteiger partial charge in [0.1, 0.15) is 5.76 Å². The summed E-state index contributed by atoms with van der Waals surface area (Å²) in [6.45, 7) is 5.31. The number of aromatic amines is 1. The average molecular weight is 265 g/mol. The Morgan fingerprint density at radius 1 is 1.32 bits per heavy atom. The highest BCUT2D eigenvalue weighted by atomic mass is 16.5. The van der Waals surface area contributed by atoms with Gasteiger partial charge in [0, 0.05) is 5.56 Å². The Morgan fingerprint density at radius 2 is 2.00 bits per heavy atom. The molecule has 0 unspecified atom stereocenters. The zero-order valence-electron chi connectivity index (χ0n) is 11.0. The Kier molecular flexibility index (Phi) is 3.28. The van der Waals surface area contributed by atoms with Crippen LogP contribution in [0.2, 0.25) is 0 Å². The average Bonchev–Trinajstić information content (AvgIpc) is 2.65. The highest BCUT2D eigenvalue weighted by Gasteiger charge is 2.16. The molecule has 2 rings (SSSR count). The summed E-state index contributed by atoms with van der Waals surface area (Å²) < 4.78 is 6.11. The van der Waals surface area contributed by atoms with Gasteiger partial charge >= 0.3 is 5.69 Å². The van der Waals surface area contributed by atoms with Gasteiger partial charge in [-0.25, -0.2) is 4.79 Å². The first-order valence-corrected chi connectivity index (χ1v) is 5.92. The summed E-state index contributed by atoms with van der Waals surface area (Å²) in [4.78, 5) is 25.5. The van der Waals surface area contributed by atoms with E-state index >= 15 is 0 Å². The molecule has 19 heavy (non-hydrogen) atoms. The van der Waals surface area contributed by atoms with Crippen LogP contribution in [0, 0.1) is 13.8 Å². The number of nitrogens with one attached hydrogen (secondary N) is 1. The van der Waals surface area contributed by atoms with Gasteiger partial charge in [-0.3, -0.25) is 14.3 Å². The minimum absolute atomic E-state index is 0.107. The van der Waals surface area contributed by atoms with Crippen LogP contribution in [0.5, 0.6) is 5.88 Å². The van der Waals surface area contributed by atoms with Gasteiger partial charge < -0.3 is 9.63 Å². The van der Waals surface area contributed by atoms with Crippen LogP contribution in [-0.4, -0.2) is 19.8 Å². The lowest BCUT2D eigenvalue weighted by Gasteiger charge is -2.10. The van der Waals surface area contributed by atoms with Gasteiger partial charge in [0.25, 0.3) is 5.56 Å². The van der Waals surface area contributed by atoms with Gasteiger partial charge in [-0.05, 0) is 20.3 Å². The first kappa shape index (κ1) is 13.1. The molecule has 2 N–H and O–H groups in total. The second-order valence-corrected chi connectivity index (χ2v) is 4.30. The third-order valence-corrected chi connectivity index (χ3v) is 3.12. The summed E-state index contributed by atoms with van der Waals surface area (Å²) in [5.74, 6) is 0.268. The van der Waals surface area contributed by atoms with Crippen molar-refractivity contribution >= 4 is 0 Å². The maximum absolute atomic E-state index is 11.8. The lowest BCUT2D eigenvalue weighted by molar-refractivity contribution is 0.388. The van der Waals surface area contributed by atoms with Crippen LogP contribution in [0.3, 0.4) is 0 Å². The Bertz CT molecular complexity index is 704. The van der Waals surface area contributed by atoms with Crippen molar-refractivity contribution in [2.75, 3.05) is 0 Å². The van der Waals surface area contributed by atoms with Crippen LogP contribution in [0.15, 0.2) is 14.1 Å². The third-order valence-electron chi connectivity index (χ3n) is 3.12. The molecule has 0 aliphatic heterocycles.